The maximum atomic E-state index is 8.72. The molecule has 0 aromatic carbocycles. The van der Waals surface area contributed by atoms with Gasteiger partial charge in [-0.05, 0) is 51.9 Å². The predicted molar refractivity (Wildman–Crippen MR) is 68.7 cm³/mol. The van der Waals surface area contributed by atoms with Crippen LogP contribution < -0.4 is 0 Å². The molecule has 1 atom stereocenters. The lowest BCUT2D eigenvalue weighted by Gasteiger charge is -2.26. The molecule has 0 spiro atoms. The summed E-state index contributed by atoms with van der Waals surface area (Å²) in [5.74, 6) is 0. The highest BCUT2D eigenvalue weighted by atomic mass is 16.2. The molecule has 0 aromatic heterocycles. The summed E-state index contributed by atoms with van der Waals surface area (Å²) in [5.41, 5.74) is 0. The number of rotatable bonds is 8. The van der Waals surface area contributed by atoms with E-state index in [4.69, 9.17) is 5.11 Å². The molecule has 1 heterocycles. The zero-order chi connectivity index (χ0) is 11.8. The average Bonchev–Trinajstić information content (AvgIpc) is 2.75. The molecular weight excluding hydrogens is 200 g/mol. The first-order valence-electron chi connectivity index (χ1n) is 6.89. The number of nitrogens with zero attached hydrogens (tertiary/aromatic N) is 2. The van der Waals surface area contributed by atoms with Gasteiger partial charge in [0.2, 0.25) is 0 Å². The smallest absolute Gasteiger partial charge is 0.0431 e. The molecule has 3 nitrogen and oxygen atoms in total. The van der Waals surface area contributed by atoms with Crippen LogP contribution in [0.25, 0.3) is 0 Å². The maximum Gasteiger partial charge on any atom is 0.0431 e. The first-order valence-corrected chi connectivity index (χ1v) is 6.89. The third-order valence-corrected chi connectivity index (χ3v) is 3.71. The molecule has 96 valence electrons. The van der Waals surface area contributed by atoms with Crippen LogP contribution in [0.15, 0.2) is 0 Å². The summed E-state index contributed by atoms with van der Waals surface area (Å²) in [4.78, 5) is 5.16. The van der Waals surface area contributed by atoms with E-state index in [0.29, 0.717) is 6.61 Å². The molecule has 1 aliphatic heterocycles. The summed E-state index contributed by atoms with van der Waals surface area (Å²) in [6.45, 7) is 11.0. The minimum absolute atomic E-state index is 0.349. The molecule has 3 heteroatoms. The summed E-state index contributed by atoms with van der Waals surface area (Å²) >= 11 is 0. The van der Waals surface area contributed by atoms with E-state index in [2.05, 4.69) is 23.6 Å². The van der Waals surface area contributed by atoms with E-state index >= 15 is 0 Å². The highest BCUT2D eigenvalue weighted by Crippen LogP contribution is 2.15. The van der Waals surface area contributed by atoms with Crippen LogP contribution in [-0.4, -0.2) is 60.3 Å². The normalized spacial score (nSPS) is 22.1. The summed E-state index contributed by atoms with van der Waals surface area (Å²) in [6, 6.07) is 0.785. The molecule has 0 saturated carbocycles. The summed E-state index contributed by atoms with van der Waals surface area (Å²) in [5, 5.41) is 8.72. The van der Waals surface area contributed by atoms with E-state index in [0.717, 1.165) is 12.5 Å². The molecule has 1 N–H and O–H groups in total. The lowest BCUT2D eigenvalue weighted by molar-refractivity contribution is 0.209. The maximum absolute atomic E-state index is 8.72. The van der Waals surface area contributed by atoms with Gasteiger partial charge in [0, 0.05) is 19.2 Å². The minimum Gasteiger partial charge on any atom is -0.396 e. The van der Waals surface area contributed by atoms with Gasteiger partial charge in [-0.1, -0.05) is 13.8 Å². The third-order valence-electron chi connectivity index (χ3n) is 3.71. The molecule has 16 heavy (non-hydrogen) atoms. The van der Waals surface area contributed by atoms with Crippen LogP contribution in [0.3, 0.4) is 0 Å². The molecule has 1 fully saturated rings. The number of aliphatic hydroxyl groups excluding tert-OH is 1. The molecule has 1 unspecified atom stereocenters. The van der Waals surface area contributed by atoms with Gasteiger partial charge in [0.1, 0.15) is 0 Å². The van der Waals surface area contributed by atoms with Crippen molar-refractivity contribution in [3.05, 3.63) is 0 Å². The van der Waals surface area contributed by atoms with Crippen molar-refractivity contribution in [2.75, 3.05) is 39.3 Å². The topological polar surface area (TPSA) is 26.7 Å². The molecule has 1 saturated heterocycles. The zero-order valence-electron chi connectivity index (χ0n) is 11.0. The summed E-state index contributed by atoms with van der Waals surface area (Å²) in [6.07, 6.45) is 4.71. The van der Waals surface area contributed by atoms with Crippen LogP contribution in [0, 0.1) is 0 Å². The van der Waals surface area contributed by atoms with Crippen LogP contribution in [0.1, 0.15) is 39.5 Å². The Hall–Kier alpha value is -0.120. The van der Waals surface area contributed by atoms with Gasteiger partial charge in [0.05, 0.1) is 0 Å². The van der Waals surface area contributed by atoms with E-state index in [1.807, 2.05) is 0 Å². The SMILES string of the molecule is CCN(CC)C1CCN(CCCCCO)C1. The van der Waals surface area contributed by atoms with Gasteiger partial charge in [-0.2, -0.15) is 0 Å². The minimum atomic E-state index is 0.349. The van der Waals surface area contributed by atoms with Gasteiger partial charge >= 0.3 is 0 Å². The Kier molecular flexibility index (Phi) is 7.01. The first kappa shape index (κ1) is 13.9. The molecule has 0 aliphatic carbocycles. The highest BCUT2D eigenvalue weighted by Gasteiger charge is 2.25. The van der Waals surface area contributed by atoms with Crippen molar-refractivity contribution in [1.29, 1.82) is 0 Å². The van der Waals surface area contributed by atoms with Gasteiger partial charge in [0.15, 0.2) is 0 Å². The highest BCUT2D eigenvalue weighted by molar-refractivity contribution is 4.82. The van der Waals surface area contributed by atoms with Crippen LogP contribution in [0.2, 0.25) is 0 Å². The van der Waals surface area contributed by atoms with Crippen molar-refractivity contribution in [2.45, 2.75) is 45.6 Å². The Balaban J connectivity index is 2.14. The van der Waals surface area contributed by atoms with Gasteiger partial charge in [0.25, 0.3) is 0 Å². The van der Waals surface area contributed by atoms with E-state index in [-0.39, 0.29) is 0 Å². The fourth-order valence-corrected chi connectivity index (χ4v) is 2.68. The standard InChI is InChI=1S/C13H28N2O/c1-3-15(4-2)13-8-10-14(12-13)9-6-5-7-11-16/h13,16H,3-12H2,1-2H3. The average molecular weight is 228 g/mol. The molecule has 1 rings (SSSR count). The van der Waals surface area contributed by atoms with Gasteiger partial charge in [-0.15, -0.1) is 0 Å². The van der Waals surface area contributed by atoms with Crippen molar-refractivity contribution >= 4 is 0 Å². The van der Waals surface area contributed by atoms with Crippen molar-refractivity contribution < 1.29 is 5.11 Å². The molecule has 1 aliphatic rings. The summed E-state index contributed by atoms with van der Waals surface area (Å²) < 4.78 is 0. The molecule has 0 aromatic rings. The quantitative estimate of drug-likeness (QED) is 0.639. The van der Waals surface area contributed by atoms with Gasteiger partial charge in [-0.3, -0.25) is 4.90 Å². The number of hydrogen-bond acceptors (Lipinski definition) is 3. The number of unbranched alkanes of at least 4 members (excludes halogenated alkanes) is 2. The number of likely N-dealkylation sites (tertiary alicyclic amines) is 1. The lowest BCUT2D eigenvalue weighted by atomic mass is 10.2. The van der Waals surface area contributed by atoms with E-state index in [1.54, 1.807) is 0 Å². The monoisotopic (exact) mass is 228 g/mol. The van der Waals surface area contributed by atoms with Gasteiger partial charge in [-0.25, -0.2) is 0 Å². The van der Waals surface area contributed by atoms with Crippen LogP contribution in [0.5, 0.6) is 0 Å². The second-order valence-electron chi connectivity index (χ2n) is 4.75. The molecule has 0 amide bonds. The molecule has 0 radical (unpaired) electrons. The Bertz CT molecular complexity index is 171. The fourth-order valence-electron chi connectivity index (χ4n) is 2.68. The van der Waals surface area contributed by atoms with E-state index < -0.39 is 0 Å². The Morgan fingerprint density at radius 3 is 2.56 bits per heavy atom. The van der Waals surface area contributed by atoms with Crippen LogP contribution >= 0.6 is 0 Å². The second-order valence-corrected chi connectivity index (χ2v) is 4.75. The zero-order valence-corrected chi connectivity index (χ0v) is 11.0. The van der Waals surface area contributed by atoms with Crippen molar-refractivity contribution in [3.63, 3.8) is 0 Å². The lowest BCUT2D eigenvalue weighted by Crippen LogP contribution is -2.37. The number of likely N-dealkylation sites (N-methyl/N-ethyl adjacent to an activating group) is 1. The van der Waals surface area contributed by atoms with Gasteiger partial charge < -0.3 is 10.0 Å². The summed E-state index contributed by atoms with van der Waals surface area (Å²) in [7, 11) is 0. The van der Waals surface area contributed by atoms with Crippen molar-refractivity contribution in [3.8, 4) is 0 Å². The number of hydrogen-bond donors (Lipinski definition) is 1. The third kappa shape index (κ3) is 4.40. The van der Waals surface area contributed by atoms with E-state index in [1.165, 1.54) is 52.0 Å². The Labute approximate surface area is 100 Å². The number of aliphatic hydroxyl groups is 1. The van der Waals surface area contributed by atoms with Crippen LogP contribution in [-0.2, 0) is 0 Å². The van der Waals surface area contributed by atoms with Crippen molar-refractivity contribution in [2.24, 2.45) is 0 Å². The first-order chi connectivity index (χ1) is 7.81. The van der Waals surface area contributed by atoms with Crippen molar-refractivity contribution in [1.82, 2.24) is 9.80 Å². The molecule has 0 bridgehead atoms. The Morgan fingerprint density at radius 2 is 1.94 bits per heavy atom. The fraction of sp³-hybridized carbons (Fsp3) is 1.00. The second kappa shape index (κ2) is 8.04. The molecular formula is C13H28N2O. The predicted octanol–water partition coefficient (Wildman–Crippen LogP) is 1.57. The Morgan fingerprint density at radius 1 is 1.19 bits per heavy atom. The van der Waals surface area contributed by atoms with E-state index in [9.17, 15) is 0 Å². The van der Waals surface area contributed by atoms with Crippen LogP contribution in [0.4, 0.5) is 0 Å². The largest absolute Gasteiger partial charge is 0.396 e.